The van der Waals surface area contributed by atoms with Gasteiger partial charge in [-0.1, -0.05) is 54.6 Å². The average Bonchev–Trinajstić information content (AvgIpc) is 3.18. The summed E-state index contributed by atoms with van der Waals surface area (Å²) in [4.78, 5) is 9.79. The maximum atomic E-state index is 6.10. The van der Waals surface area contributed by atoms with Crippen LogP contribution in [0, 0.1) is 6.92 Å². The van der Waals surface area contributed by atoms with E-state index in [-0.39, 0.29) is 0 Å². The molecule has 3 heteroatoms. The molecule has 0 aliphatic carbocycles. The van der Waals surface area contributed by atoms with Gasteiger partial charge in [0.2, 0.25) is 0 Å². The Hall–Kier alpha value is -3.72. The van der Waals surface area contributed by atoms with Crippen LogP contribution in [-0.4, -0.2) is 9.97 Å². The first kappa shape index (κ1) is 18.3. The first-order chi connectivity index (χ1) is 14.6. The van der Waals surface area contributed by atoms with Crippen molar-refractivity contribution in [2.24, 2.45) is 0 Å². The van der Waals surface area contributed by atoms with E-state index >= 15 is 0 Å². The Balaban J connectivity index is 1.74. The highest BCUT2D eigenvalue weighted by molar-refractivity contribution is 6.07. The van der Waals surface area contributed by atoms with E-state index in [9.17, 15) is 0 Å². The Morgan fingerprint density at radius 3 is 2.47 bits per heavy atom. The molecule has 30 heavy (non-hydrogen) atoms. The Bertz CT molecular complexity index is 1410. The average molecular weight is 390 g/mol. The summed E-state index contributed by atoms with van der Waals surface area (Å²) in [7, 11) is 0. The lowest BCUT2D eigenvalue weighted by Gasteiger charge is -2.09. The summed E-state index contributed by atoms with van der Waals surface area (Å²) >= 11 is 0. The topological polar surface area (TPSA) is 38.9 Å². The van der Waals surface area contributed by atoms with E-state index in [1.165, 1.54) is 0 Å². The molecule has 5 rings (SSSR count). The standard InChI is InChI=1S/C27H22N2O/c1-4-17(2)23-16-24(19-10-6-5-7-11-19)29-27(28-23)20-13-14-25-22(15-20)21-12-8-9-18(3)26(21)30-25/h4-16H,1-3H3/b17-4+. The molecule has 0 bridgehead atoms. The van der Waals surface area contributed by atoms with E-state index in [0.717, 1.165) is 61.4 Å². The molecule has 0 radical (unpaired) electrons. The normalized spacial score (nSPS) is 12.0. The van der Waals surface area contributed by atoms with Crippen LogP contribution in [0.25, 0.3) is 50.2 Å². The summed E-state index contributed by atoms with van der Waals surface area (Å²) in [5.74, 6) is 0.719. The van der Waals surface area contributed by atoms with Gasteiger partial charge in [-0.2, -0.15) is 0 Å². The number of aromatic nitrogens is 2. The highest BCUT2D eigenvalue weighted by Gasteiger charge is 2.13. The summed E-state index contributed by atoms with van der Waals surface area (Å²) in [5.41, 5.74) is 8.01. The minimum absolute atomic E-state index is 0.719. The molecule has 146 valence electrons. The molecule has 0 fully saturated rings. The van der Waals surface area contributed by atoms with Gasteiger partial charge < -0.3 is 4.42 Å². The molecule has 2 heterocycles. The fourth-order valence-electron chi connectivity index (χ4n) is 3.76. The van der Waals surface area contributed by atoms with Crippen molar-refractivity contribution in [3.05, 3.63) is 90.1 Å². The quantitative estimate of drug-likeness (QED) is 0.321. The van der Waals surface area contributed by atoms with Crippen LogP contribution < -0.4 is 0 Å². The van der Waals surface area contributed by atoms with Gasteiger partial charge in [0, 0.05) is 21.9 Å². The monoisotopic (exact) mass is 390 g/mol. The van der Waals surface area contributed by atoms with Crippen LogP contribution in [0.1, 0.15) is 25.1 Å². The molecule has 5 aromatic rings. The van der Waals surface area contributed by atoms with Gasteiger partial charge >= 0.3 is 0 Å². The molecular formula is C27H22N2O. The number of nitrogens with zero attached hydrogens (tertiary/aromatic N) is 2. The summed E-state index contributed by atoms with van der Waals surface area (Å²) < 4.78 is 6.10. The molecule has 0 saturated carbocycles. The maximum absolute atomic E-state index is 6.10. The van der Waals surface area contributed by atoms with Crippen molar-refractivity contribution < 1.29 is 4.42 Å². The number of fused-ring (bicyclic) bond motifs is 3. The van der Waals surface area contributed by atoms with Gasteiger partial charge in [0.05, 0.1) is 11.4 Å². The van der Waals surface area contributed by atoms with E-state index < -0.39 is 0 Å². The fraction of sp³-hybridized carbons (Fsp3) is 0.111. The molecule has 3 aromatic carbocycles. The van der Waals surface area contributed by atoms with Gasteiger partial charge in [0.15, 0.2) is 5.82 Å². The summed E-state index contributed by atoms with van der Waals surface area (Å²) in [6.45, 7) is 6.19. The highest BCUT2D eigenvalue weighted by atomic mass is 16.3. The third-order valence-corrected chi connectivity index (χ3v) is 5.58. The molecule has 0 unspecified atom stereocenters. The number of furan rings is 1. The molecular weight excluding hydrogens is 368 g/mol. The van der Waals surface area contributed by atoms with E-state index in [1.807, 2.05) is 37.3 Å². The second kappa shape index (κ2) is 7.27. The third kappa shape index (κ3) is 3.09. The van der Waals surface area contributed by atoms with Crippen molar-refractivity contribution in [2.45, 2.75) is 20.8 Å². The van der Waals surface area contributed by atoms with Crippen molar-refractivity contribution in [1.29, 1.82) is 0 Å². The van der Waals surface area contributed by atoms with E-state index in [0.29, 0.717) is 0 Å². The second-order valence-corrected chi connectivity index (χ2v) is 7.56. The highest BCUT2D eigenvalue weighted by Crippen LogP contribution is 2.34. The Morgan fingerprint density at radius 1 is 0.833 bits per heavy atom. The molecule has 2 aromatic heterocycles. The molecule has 0 amide bonds. The van der Waals surface area contributed by atoms with Crippen molar-refractivity contribution in [1.82, 2.24) is 9.97 Å². The predicted molar refractivity (Wildman–Crippen MR) is 124 cm³/mol. The third-order valence-electron chi connectivity index (χ3n) is 5.58. The Labute approximate surface area is 175 Å². The predicted octanol–water partition coefficient (Wildman–Crippen LogP) is 7.44. The van der Waals surface area contributed by atoms with Crippen LogP contribution in [0.5, 0.6) is 0 Å². The Kier molecular flexibility index (Phi) is 4.44. The molecule has 0 N–H and O–H groups in total. The van der Waals surface area contributed by atoms with Gasteiger partial charge in [-0.05, 0) is 56.2 Å². The van der Waals surface area contributed by atoms with Crippen LogP contribution >= 0.6 is 0 Å². The number of hydrogen-bond acceptors (Lipinski definition) is 3. The lowest BCUT2D eigenvalue weighted by atomic mass is 10.1. The van der Waals surface area contributed by atoms with Crippen LogP contribution in [0.15, 0.2) is 83.3 Å². The summed E-state index contributed by atoms with van der Waals surface area (Å²) in [5, 5.41) is 2.21. The molecule has 0 aliphatic heterocycles. The van der Waals surface area contributed by atoms with Crippen LogP contribution in [-0.2, 0) is 0 Å². The van der Waals surface area contributed by atoms with E-state index in [2.05, 4.69) is 62.4 Å². The van der Waals surface area contributed by atoms with Gasteiger partial charge in [-0.15, -0.1) is 0 Å². The lowest BCUT2D eigenvalue weighted by molar-refractivity contribution is 0.666. The van der Waals surface area contributed by atoms with Crippen LogP contribution in [0.3, 0.4) is 0 Å². The van der Waals surface area contributed by atoms with E-state index in [4.69, 9.17) is 14.4 Å². The Morgan fingerprint density at radius 2 is 1.67 bits per heavy atom. The zero-order chi connectivity index (χ0) is 20.7. The second-order valence-electron chi connectivity index (χ2n) is 7.56. The largest absolute Gasteiger partial charge is 0.456 e. The van der Waals surface area contributed by atoms with Crippen molar-refractivity contribution in [3.8, 4) is 22.6 Å². The smallest absolute Gasteiger partial charge is 0.160 e. The minimum atomic E-state index is 0.719. The molecule has 3 nitrogen and oxygen atoms in total. The number of benzene rings is 3. The zero-order valence-electron chi connectivity index (χ0n) is 17.3. The van der Waals surface area contributed by atoms with Crippen LogP contribution in [0.2, 0.25) is 0 Å². The zero-order valence-corrected chi connectivity index (χ0v) is 17.3. The fourth-order valence-corrected chi connectivity index (χ4v) is 3.76. The number of allylic oxidation sites excluding steroid dienone is 2. The number of rotatable bonds is 3. The first-order valence-electron chi connectivity index (χ1n) is 10.1. The van der Waals surface area contributed by atoms with Gasteiger partial charge in [-0.3, -0.25) is 0 Å². The summed E-state index contributed by atoms with van der Waals surface area (Å²) in [6, 6.07) is 24.7. The maximum Gasteiger partial charge on any atom is 0.160 e. The van der Waals surface area contributed by atoms with Crippen molar-refractivity contribution in [2.75, 3.05) is 0 Å². The molecule has 0 spiro atoms. The number of para-hydroxylation sites is 1. The van der Waals surface area contributed by atoms with Gasteiger partial charge in [0.25, 0.3) is 0 Å². The van der Waals surface area contributed by atoms with E-state index in [1.54, 1.807) is 0 Å². The first-order valence-corrected chi connectivity index (χ1v) is 10.1. The van der Waals surface area contributed by atoms with Gasteiger partial charge in [-0.25, -0.2) is 9.97 Å². The minimum Gasteiger partial charge on any atom is -0.456 e. The molecule has 0 aliphatic rings. The number of aryl methyl sites for hydroxylation is 1. The van der Waals surface area contributed by atoms with Crippen LogP contribution in [0.4, 0.5) is 0 Å². The lowest BCUT2D eigenvalue weighted by Crippen LogP contribution is -1.97. The number of hydrogen-bond donors (Lipinski definition) is 0. The SMILES string of the molecule is C/C=C(\C)c1cc(-c2ccccc2)nc(-c2ccc3oc4c(C)cccc4c3c2)n1. The van der Waals surface area contributed by atoms with Crippen molar-refractivity contribution >= 4 is 27.5 Å². The molecule has 0 saturated heterocycles. The van der Waals surface area contributed by atoms with Gasteiger partial charge in [0.1, 0.15) is 11.2 Å². The van der Waals surface area contributed by atoms with Crippen molar-refractivity contribution in [3.63, 3.8) is 0 Å². The molecule has 0 atom stereocenters. The summed E-state index contributed by atoms with van der Waals surface area (Å²) in [6.07, 6.45) is 2.08.